The minimum Gasteiger partial charge on any atom is -0.457 e. The third kappa shape index (κ3) is 3.73. The van der Waals surface area contributed by atoms with E-state index in [9.17, 15) is 9.59 Å². The van der Waals surface area contributed by atoms with Crippen molar-refractivity contribution in [1.82, 2.24) is 9.80 Å². The van der Waals surface area contributed by atoms with E-state index in [0.717, 1.165) is 29.8 Å². The molecule has 0 bridgehead atoms. The second kappa shape index (κ2) is 7.04. The fraction of sp³-hybridized carbons (Fsp3) is 0.619. The van der Waals surface area contributed by atoms with Crippen LogP contribution in [0.4, 0.5) is 4.79 Å². The van der Waals surface area contributed by atoms with E-state index in [1.165, 1.54) is 0 Å². The highest BCUT2D eigenvalue weighted by molar-refractivity contribution is 5.93. The molecule has 0 spiro atoms. The van der Waals surface area contributed by atoms with Crippen LogP contribution in [0.25, 0.3) is 0 Å². The second-order valence-corrected chi connectivity index (χ2v) is 8.84. The smallest absolute Gasteiger partial charge is 0.410 e. The zero-order valence-electron chi connectivity index (χ0n) is 17.0. The highest BCUT2D eigenvalue weighted by Gasteiger charge is 2.37. The van der Waals surface area contributed by atoms with E-state index in [1.54, 1.807) is 4.90 Å². The summed E-state index contributed by atoms with van der Waals surface area (Å²) in [5.74, 6) is -0.243. The van der Waals surface area contributed by atoms with Crippen molar-refractivity contribution < 1.29 is 23.8 Å². The number of amides is 1. The van der Waals surface area contributed by atoms with Gasteiger partial charge in [0.25, 0.3) is 0 Å². The number of esters is 1. The third-order valence-electron chi connectivity index (χ3n) is 5.56. The first kappa shape index (κ1) is 19.2. The molecule has 1 aromatic carbocycles. The van der Waals surface area contributed by atoms with Gasteiger partial charge >= 0.3 is 12.1 Å². The van der Waals surface area contributed by atoms with Crippen LogP contribution in [-0.2, 0) is 20.8 Å². The summed E-state index contributed by atoms with van der Waals surface area (Å²) in [5, 5.41) is 0. The van der Waals surface area contributed by atoms with Gasteiger partial charge in [-0.1, -0.05) is 0 Å². The molecule has 0 unspecified atom stereocenters. The SMILES string of the molecule is Cc1cc2c(cc1[C@@H]1CN3CCN(C(=O)OC(C)(C)C)C[C@H]3CO1)COC2=O. The van der Waals surface area contributed by atoms with Gasteiger partial charge < -0.3 is 19.1 Å². The summed E-state index contributed by atoms with van der Waals surface area (Å²) in [6.45, 7) is 11.4. The molecule has 7 nitrogen and oxygen atoms in total. The van der Waals surface area contributed by atoms with Gasteiger partial charge in [-0.2, -0.15) is 0 Å². The van der Waals surface area contributed by atoms with Crippen molar-refractivity contribution in [2.45, 2.75) is 52.0 Å². The number of morpholine rings is 1. The third-order valence-corrected chi connectivity index (χ3v) is 5.56. The number of aryl methyl sites for hydroxylation is 1. The molecule has 4 rings (SSSR count). The Morgan fingerprint density at radius 2 is 2.00 bits per heavy atom. The number of benzene rings is 1. The number of hydrogen-bond acceptors (Lipinski definition) is 6. The van der Waals surface area contributed by atoms with Crippen molar-refractivity contribution in [3.05, 3.63) is 34.4 Å². The average molecular weight is 388 g/mol. The van der Waals surface area contributed by atoms with Gasteiger partial charge in [0, 0.05) is 31.7 Å². The van der Waals surface area contributed by atoms with E-state index in [1.807, 2.05) is 33.8 Å². The molecule has 2 atom stereocenters. The Morgan fingerprint density at radius 1 is 1.21 bits per heavy atom. The molecule has 2 saturated heterocycles. The van der Waals surface area contributed by atoms with Gasteiger partial charge in [0.15, 0.2) is 0 Å². The van der Waals surface area contributed by atoms with E-state index >= 15 is 0 Å². The Labute approximate surface area is 165 Å². The van der Waals surface area contributed by atoms with Crippen molar-refractivity contribution in [2.75, 3.05) is 32.8 Å². The molecule has 1 aromatic rings. The molecular weight excluding hydrogens is 360 g/mol. The standard InChI is InChI=1S/C21H28N2O5/c1-13-7-17-14(11-27-19(17)24)8-16(13)18-10-22-5-6-23(9-15(22)12-26-18)20(25)28-21(2,3)4/h7-8,15,18H,5-6,9-12H2,1-4H3/t15-,18-/m0/s1. The van der Waals surface area contributed by atoms with Crippen LogP contribution in [0.3, 0.4) is 0 Å². The average Bonchev–Trinajstić information content (AvgIpc) is 2.99. The molecular formula is C21H28N2O5. The molecule has 0 radical (unpaired) electrons. The topological polar surface area (TPSA) is 68.3 Å². The molecule has 7 heteroatoms. The van der Waals surface area contributed by atoms with Crippen molar-refractivity contribution in [3.8, 4) is 0 Å². The number of ether oxygens (including phenoxy) is 3. The van der Waals surface area contributed by atoms with E-state index in [2.05, 4.69) is 11.0 Å². The van der Waals surface area contributed by atoms with Gasteiger partial charge in [-0.3, -0.25) is 4.90 Å². The number of fused-ring (bicyclic) bond motifs is 2. The summed E-state index contributed by atoms with van der Waals surface area (Å²) in [5.41, 5.74) is 3.28. The fourth-order valence-corrected chi connectivity index (χ4v) is 4.11. The van der Waals surface area contributed by atoms with Gasteiger partial charge in [0.1, 0.15) is 12.2 Å². The van der Waals surface area contributed by atoms with E-state index in [-0.39, 0.29) is 24.2 Å². The quantitative estimate of drug-likeness (QED) is 0.689. The number of carbonyl (C=O) groups excluding carboxylic acids is 2. The lowest BCUT2D eigenvalue weighted by molar-refractivity contribution is -0.0908. The second-order valence-electron chi connectivity index (χ2n) is 8.84. The molecule has 152 valence electrons. The Hall–Kier alpha value is -2.12. The minimum atomic E-state index is -0.488. The van der Waals surface area contributed by atoms with E-state index in [4.69, 9.17) is 14.2 Å². The van der Waals surface area contributed by atoms with Crippen LogP contribution >= 0.6 is 0 Å². The summed E-state index contributed by atoms with van der Waals surface area (Å²) in [6.07, 6.45) is -0.293. The van der Waals surface area contributed by atoms with E-state index < -0.39 is 5.60 Å². The molecule has 3 aliphatic rings. The first-order valence-corrected chi connectivity index (χ1v) is 9.85. The molecule has 0 N–H and O–H groups in total. The molecule has 0 aliphatic carbocycles. The lowest BCUT2D eigenvalue weighted by Gasteiger charge is -2.46. The maximum atomic E-state index is 12.4. The summed E-state index contributed by atoms with van der Waals surface area (Å²) in [6, 6.07) is 4.14. The first-order chi connectivity index (χ1) is 13.2. The number of nitrogens with zero attached hydrogens (tertiary/aromatic N) is 2. The van der Waals surface area contributed by atoms with Gasteiger partial charge in [-0.05, 0) is 51.0 Å². The van der Waals surface area contributed by atoms with Crippen molar-refractivity contribution in [1.29, 1.82) is 0 Å². The maximum Gasteiger partial charge on any atom is 0.410 e. The van der Waals surface area contributed by atoms with Crippen LogP contribution in [0.15, 0.2) is 12.1 Å². The van der Waals surface area contributed by atoms with E-state index in [0.29, 0.717) is 31.9 Å². The lowest BCUT2D eigenvalue weighted by Crippen LogP contribution is -2.60. The monoisotopic (exact) mass is 388 g/mol. The summed E-state index contributed by atoms with van der Waals surface area (Å²) in [7, 11) is 0. The van der Waals surface area contributed by atoms with Crippen molar-refractivity contribution in [2.24, 2.45) is 0 Å². The Bertz CT molecular complexity index is 801. The number of hydrogen-bond donors (Lipinski definition) is 0. The first-order valence-electron chi connectivity index (χ1n) is 9.85. The van der Waals surface area contributed by atoms with Crippen LogP contribution in [0.1, 0.15) is 53.9 Å². The molecule has 0 saturated carbocycles. The normalized spacial score (nSPS) is 25.1. The van der Waals surface area contributed by atoms with Gasteiger partial charge in [-0.15, -0.1) is 0 Å². The van der Waals surface area contributed by atoms with Crippen LogP contribution in [0, 0.1) is 6.92 Å². The lowest BCUT2D eigenvalue weighted by atomic mass is 9.95. The fourth-order valence-electron chi connectivity index (χ4n) is 4.11. The Balaban J connectivity index is 1.42. The number of rotatable bonds is 1. The summed E-state index contributed by atoms with van der Waals surface area (Å²) in [4.78, 5) is 28.3. The van der Waals surface area contributed by atoms with Crippen LogP contribution in [-0.4, -0.2) is 66.3 Å². The molecule has 3 heterocycles. The minimum absolute atomic E-state index is 0.0367. The molecule has 1 amide bonds. The van der Waals surface area contributed by atoms with Crippen molar-refractivity contribution in [3.63, 3.8) is 0 Å². The number of piperazine rings is 1. The van der Waals surface area contributed by atoms with Gasteiger partial charge in [-0.25, -0.2) is 9.59 Å². The molecule has 2 fully saturated rings. The molecule has 28 heavy (non-hydrogen) atoms. The summed E-state index contributed by atoms with van der Waals surface area (Å²) < 4.78 is 16.8. The molecule has 3 aliphatic heterocycles. The van der Waals surface area contributed by atoms with Crippen LogP contribution in [0.5, 0.6) is 0 Å². The number of cyclic esters (lactones) is 1. The van der Waals surface area contributed by atoms with Crippen LogP contribution in [0.2, 0.25) is 0 Å². The van der Waals surface area contributed by atoms with Crippen LogP contribution < -0.4 is 0 Å². The zero-order valence-corrected chi connectivity index (χ0v) is 17.0. The Kier molecular flexibility index (Phi) is 4.83. The summed E-state index contributed by atoms with van der Waals surface area (Å²) >= 11 is 0. The van der Waals surface area contributed by atoms with Gasteiger partial charge in [0.2, 0.25) is 0 Å². The maximum absolute atomic E-state index is 12.4. The zero-order chi connectivity index (χ0) is 20.1. The molecule has 0 aromatic heterocycles. The largest absolute Gasteiger partial charge is 0.457 e. The highest BCUT2D eigenvalue weighted by atomic mass is 16.6. The predicted octanol–water partition coefficient (Wildman–Crippen LogP) is 2.66. The predicted molar refractivity (Wildman–Crippen MR) is 102 cm³/mol. The highest BCUT2D eigenvalue weighted by Crippen LogP contribution is 2.32. The number of carbonyl (C=O) groups is 2. The Morgan fingerprint density at radius 3 is 2.75 bits per heavy atom. The van der Waals surface area contributed by atoms with Crippen molar-refractivity contribution >= 4 is 12.1 Å². The van der Waals surface area contributed by atoms with Gasteiger partial charge in [0.05, 0.1) is 24.3 Å².